The molecule has 3 aromatic rings. The fraction of sp³-hybridized carbons (Fsp3) is 0.500. The second-order valence-electron chi connectivity index (χ2n) is 8.37. The van der Waals surface area contributed by atoms with Gasteiger partial charge in [-0.3, -0.25) is 18.1 Å². The molecule has 35 heavy (non-hydrogen) atoms. The Morgan fingerprint density at radius 1 is 1.37 bits per heavy atom. The van der Waals surface area contributed by atoms with Gasteiger partial charge in [0.15, 0.2) is 17.7 Å². The zero-order valence-electron chi connectivity index (χ0n) is 18.9. The molecular weight excluding hydrogens is 499 g/mol. The average Bonchev–Trinajstić information content (AvgIpc) is 3.37. The maximum Gasteiger partial charge on any atom is 0.475 e. The maximum atomic E-state index is 13.2. The summed E-state index contributed by atoms with van der Waals surface area (Å²) in [6, 6.07) is 3.65. The summed E-state index contributed by atoms with van der Waals surface area (Å²) in [5.74, 6) is 0.171. The van der Waals surface area contributed by atoms with Crippen molar-refractivity contribution in [2.75, 3.05) is 25.2 Å². The summed E-state index contributed by atoms with van der Waals surface area (Å²) in [4.78, 5) is 16.5. The van der Waals surface area contributed by atoms with Gasteiger partial charge in [-0.15, -0.1) is 11.8 Å². The molecule has 2 aliphatic rings. The molecule has 0 amide bonds. The molecule has 0 aromatic carbocycles. The standard InChI is InChI=1S/C20H25N6O7PS/c1-20(28)16(27)13(32-19(20)26-10-25-15-17(21)23-9-24-18(15)26)8-31-34(29)30-6-4-12(33-34)11-3-5-22-14(7-11)35-2/h3,5,7,9-10,12-13,16,19,27-28H,4,6,8H2,1-2H3,(H2,21,23,24)/t12-,13+,16+,19+,20+,34?/m0/s1. The maximum absolute atomic E-state index is 13.2. The minimum Gasteiger partial charge on any atom is -0.387 e. The number of aliphatic hydroxyl groups is 2. The number of fused-ring (bicyclic) bond motifs is 1. The first-order valence-electron chi connectivity index (χ1n) is 10.8. The molecule has 13 nitrogen and oxygen atoms in total. The van der Waals surface area contributed by atoms with Crippen LogP contribution in [-0.4, -0.2) is 72.0 Å². The van der Waals surface area contributed by atoms with Crippen molar-refractivity contribution in [1.29, 1.82) is 0 Å². The quantitative estimate of drug-likeness (QED) is 0.315. The van der Waals surface area contributed by atoms with Gasteiger partial charge in [-0.1, -0.05) is 0 Å². The van der Waals surface area contributed by atoms with Crippen LogP contribution in [0.5, 0.6) is 0 Å². The van der Waals surface area contributed by atoms with Gasteiger partial charge in [0.2, 0.25) is 0 Å². The summed E-state index contributed by atoms with van der Waals surface area (Å²) in [7, 11) is -3.96. The van der Waals surface area contributed by atoms with Gasteiger partial charge in [-0.2, -0.15) is 0 Å². The molecule has 188 valence electrons. The second kappa shape index (κ2) is 9.37. The van der Waals surface area contributed by atoms with Crippen LogP contribution >= 0.6 is 19.6 Å². The van der Waals surface area contributed by atoms with Crippen LogP contribution in [0.15, 0.2) is 36.0 Å². The summed E-state index contributed by atoms with van der Waals surface area (Å²) >= 11 is 1.49. The Bertz CT molecular complexity index is 1280. The van der Waals surface area contributed by atoms with Gasteiger partial charge in [0.05, 0.1) is 30.7 Å². The number of imidazole rings is 1. The molecule has 2 fully saturated rings. The number of pyridine rings is 1. The highest BCUT2D eigenvalue weighted by Gasteiger charge is 2.54. The number of nitrogens with two attached hydrogens (primary N) is 1. The van der Waals surface area contributed by atoms with Crippen LogP contribution in [-0.2, 0) is 22.9 Å². The largest absolute Gasteiger partial charge is 0.475 e. The number of phosphoric acid groups is 1. The summed E-state index contributed by atoms with van der Waals surface area (Å²) < 4.78 is 37.1. The van der Waals surface area contributed by atoms with Crippen LogP contribution < -0.4 is 5.73 Å². The summed E-state index contributed by atoms with van der Waals surface area (Å²) in [5, 5.41) is 22.6. The number of aliphatic hydroxyl groups excluding tert-OH is 1. The van der Waals surface area contributed by atoms with Crippen molar-refractivity contribution in [3.05, 3.63) is 36.5 Å². The fourth-order valence-corrected chi connectivity index (χ4v) is 5.94. The van der Waals surface area contributed by atoms with Crippen LogP contribution in [0.25, 0.3) is 11.2 Å². The van der Waals surface area contributed by atoms with E-state index < -0.39 is 38.0 Å². The van der Waals surface area contributed by atoms with Gasteiger partial charge < -0.3 is 20.7 Å². The van der Waals surface area contributed by atoms with E-state index >= 15 is 0 Å². The van der Waals surface area contributed by atoms with E-state index in [1.54, 1.807) is 12.3 Å². The number of thioether (sulfide) groups is 1. The highest BCUT2D eigenvalue weighted by molar-refractivity contribution is 7.98. The van der Waals surface area contributed by atoms with E-state index in [1.165, 1.54) is 35.9 Å². The summed E-state index contributed by atoms with van der Waals surface area (Å²) in [6.07, 6.45) is 2.70. The monoisotopic (exact) mass is 524 g/mol. The molecule has 4 N–H and O–H groups in total. The lowest BCUT2D eigenvalue weighted by Crippen LogP contribution is -2.44. The van der Waals surface area contributed by atoms with Crippen LogP contribution in [0.3, 0.4) is 0 Å². The summed E-state index contributed by atoms with van der Waals surface area (Å²) in [5.41, 5.74) is 5.56. The first-order valence-corrected chi connectivity index (χ1v) is 13.5. The number of aromatic nitrogens is 5. The predicted molar refractivity (Wildman–Crippen MR) is 124 cm³/mol. The number of hydrogen-bond donors (Lipinski definition) is 3. The Morgan fingerprint density at radius 2 is 2.20 bits per heavy atom. The van der Waals surface area contributed by atoms with Crippen molar-refractivity contribution in [3.63, 3.8) is 0 Å². The Balaban J connectivity index is 1.30. The third kappa shape index (κ3) is 4.56. The molecule has 5 rings (SSSR count). The molecule has 1 unspecified atom stereocenters. The predicted octanol–water partition coefficient (Wildman–Crippen LogP) is 1.84. The van der Waals surface area contributed by atoms with E-state index in [2.05, 4.69) is 19.9 Å². The lowest BCUT2D eigenvalue weighted by Gasteiger charge is -2.30. The highest BCUT2D eigenvalue weighted by Crippen LogP contribution is 2.57. The van der Waals surface area contributed by atoms with Gasteiger partial charge in [0, 0.05) is 12.6 Å². The van der Waals surface area contributed by atoms with E-state index in [1.807, 2.05) is 12.3 Å². The molecule has 0 saturated carbocycles. The van der Waals surface area contributed by atoms with E-state index in [4.69, 9.17) is 24.0 Å². The molecule has 2 aliphatic heterocycles. The zero-order valence-corrected chi connectivity index (χ0v) is 20.6. The van der Waals surface area contributed by atoms with E-state index in [-0.39, 0.29) is 19.0 Å². The molecule has 0 radical (unpaired) electrons. The lowest BCUT2D eigenvalue weighted by atomic mass is 9.96. The number of rotatable bonds is 6. The molecule has 0 bridgehead atoms. The van der Waals surface area contributed by atoms with Crippen molar-refractivity contribution in [3.8, 4) is 0 Å². The molecule has 3 aromatic heterocycles. The van der Waals surface area contributed by atoms with Crippen molar-refractivity contribution >= 4 is 36.6 Å². The number of anilines is 1. The lowest BCUT2D eigenvalue weighted by molar-refractivity contribution is -0.0953. The first-order chi connectivity index (χ1) is 16.7. The van der Waals surface area contributed by atoms with E-state index in [0.717, 1.165) is 10.6 Å². The molecule has 5 heterocycles. The number of ether oxygens (including phenoxy) is 1. The fourth-order valence-electron chi connectivity index (χ4n) is 4.13. The van der Waals surface area contributed by atoms with E-state index in [0.29, 0.717) is 17.6 Å². The van der Waals surface area contributed by atoms with Crippen LogP contribution in [0.2, 0.25) is 0 Å². The second-order valence-corrected chi connectivity index (χ2v) is 10.8. The SMILES string of the molecule is CSc1cc([C@@H]2CCOP(=O)(OC[C@H]3O[C@@H](n4cnc5c(N)ncnc54)[C@](C)(O)[C@@H]3O)O2)ccn1. The summed E-state index contributed by atoms with van der Waals surface area (Å²) in [6.45, 7) is 1.22. The topological polar surface area (TPSA) is 177 Å². The molecule has 0 aliphatic carbocycles. The normalized spacial score (nSPS) is 33.4. The van der Waals surface area contributed by atoms with Gasteiger partial charge in [-0.25, -0.2) is 24.5 Å². The Morgan fingerprint density at radius 3 is 3.00 bits per heavy atom. The highest BCUT2D eigenvalue weighted by atomic mass is 32.2. The average molecular weight is 524 g/mol. The molecular formula is C20H25N6O7PS. The Kier molecular flexibility index (Phi) is 6.57. The number of hydrogen-bond acceptors (Lipinski definition) is 13. The van der Waals surface area contributed by atoms with Gasteiger partial charge in [0.25, 0.3) is 0 Å². The van der Waals surface area contributed by atoms with Gasteiger partial charge >= 0.3 is 7.82 Å². The van der Waals surface area contributed by atoms with Gasteiger partial charge in [-0.05, 0) is 30.9 Å². The number of phosphoric ester groups is 1. The molecule has 2 saturated heterocycles. The van der Waals surface area contributed by atoms with Crippen LogP contribution in [0.1, 0.15) is 31.2 Å². The third-order valence-corrected chi connectivity index (χ3v) is 8.14. The van der Waals surface area contributed by atoms with Crippen LogP contribution in [0, 0.1) is 0 Å². The van der Waals surface area contributed by atoms with Crippen molar-refractivity contribution in [2.45, 2.75) is 48.5 Å². The van der Waals surface area contributed by atoms with Crippen molar-refractivity contribution < 1.29 is 33.1 Å². The minimum absolute atomic E-state index is 0.162. The smallest absolute Gasteiger partial charge is 0.387 e. The molecule has 0 spiro atoms. The first kappa shape index (κ1) is 24.5. The number of nitrogens with zero attached hydrogens (tertiary/aromatic N) is 5. The van der Waals surface area contributed by atoms with Crippen LogP contribution in [0.4, 0.5) is 5.82 Å². The Hall–Kier alpha value is -2.16. The Labute approximate surface area is 204 Å². The molecule has 6 atom stereocenters. The third-order valence-electron chi connectivity index (χ3n) is 6.02. The van der Waals surface area contributed by atoms with Crippen molar-refractivity contribution in [2.24, 2.45) is 0 Å². The molecule has 15 heteroatoms. The van der Waals surface area contributed by atoms with Crippen molar-refractivity contribution in [1.82, 2.24) is 24.5 Å². The van der Waals surface area contributed by atoms with E-state index in [9.17, 15) is 14.8 Å². The van der Waals surface area contributed by atoms with Gasteiger partial charge in [0.1, 0.15) is 29.7 Å². The number of nitrogen functional groups attached to an aromatic ring is 1. The zero-order chi connectivity index (χ0) is 24.8. The minimum atomic E-state index is -3.96.